The zero-order chi connectivity index (χ0) is 18.9. The van der Waals surface area contributed by atoms with Gasteiger partial charge in [-0.1, -0.05) is 49.2 Å². The predicted octanol–water partition coefficient (Wildman–Crippen LogP) is 4.00. The number of ether oxygens (including phenoxy) is 1. The van der Waals surface area contributed by atoms with Crippen LogP contribution in [0.5, 0.6) is 5.75 Å². The van der Waals surface area contributed by atoms with Crippen LogP contribution in [-0.2, 0) is 13.1 Å². The van der Waals surface area contributed by atoms with E-state index in [4.69, 9.17) is 10.5 Å². The van der Waals surface area contributed by atoms with E-state index in [1.165, 1.54) is 44.3 Å². The van der Waals surface area contributed by atoms with Crippen molar-refractivity contribution in [3.63, 3.8) is 0 Å². The van der Waals surface area contributed by atoms with E-state index in [9.17, 15) is 0 Å². The fraction of sp³-hybridized carbons (Fsp3) is 0.409. The Morgan fingerprint density at radius 2 is 1.67 bits per heavy atom. The Morgan fingerprint density at radius 1 is 1.00 bits per heavy atom. The maximum atomic E-state index is 6.02. The number of guanidine groups is 1. The molecule has 0 unspecified atom stereocenters. The van der Waals surface area contributed by atoms with E-state index in [1.807, 2.05) is 24.3 Å². The number of para-hydroxylation sites is 2. The second-order valence-corrected chi connectivity index (χ2v) is 7.03. The van der Waals surface area contributed by atoms with Gasteiger partial charge in [-0.05, 0) is 49.2 Å². The summed E-state index contributed by atoms with van der Waals surface area (Å²) >= 11 is 0. The maximum absolute atomic E-state index is 6.02. The summed E-state index contributed by atoms with van der Waals surface area (Å²) in [5.41, 5.74) is 9.35. The fourth-order valence-corrected chi connectivity index (χ4v) is 3.40. The third-order valence-corrected chi connectivity index (χ3v) is 4.93. The van der Waals surface area contributed by atoms with Crippen molar-refractivity contribution in [1.29, 1.82) is 0 Å². The third-order valence-electron chi connectivity index (χ3n) is 4.93. The van der Waals surface area contributed by atoms with E-state index < -0.39 is 0 Å². The SMILES string of the molecule is COc1ccccc1NC(N)=NCc1ccc(CN2CCCCCC2)cc1. The van der Waals surface area contributed by atoms with Crippen LogP contribution in [0.1, 0.15) is 36.8 Å². The molecule has 0 aliphatic carbocycles. The van der Waals surface area contributed by atoms with E-state index in [0.29, 0.717) is 12.5 Å². The normalized spacial score (nSPS) is 16.0. The highest BCUT2D eigenvalue weighted by atomic mass is 16.5. The Balaban J connectivity index is 1.53. The molecule has 0 radical (unpaired) electrons. The lowest BCUT2D eigenvalue weighted by atomic mass is 10.1. The molecule has 144 valence electrons. The molecule has 0 atom stereocenters. The van der Waals surface area contributed by atoms with Crippen LogP contribution in [0.15, 0.2) is 53.5 Å². The number of nitrogens with two attached hydrogens (primary N) is 1. The lowest BCUT2D eigenvalue weighted by Crippen LogP contribution is -2.24. The van der Waals surface area contributed by atoms with Gasteiger partial charge in [0.15, 0.2) is 5.96 Å². The van der Waals surface area contributed by atoms with Crippen LogP contribution in [0.25, 0.3) is 0 Å². The Morgan fingerprint density at radius 3 is 2.37 bits per heavy atom. The molecule has 5 heteroatoms. The molecule has 0 amide bonds. The van der Waals surface area contributed by atoms with Gasteiger partial charge >= 0.3 is 0 Å². The van der Waals surface area contributed by atoms with Gasteiger partial charge in [0.2, 0.25) is 0 Å². The average Bonchev–Trinajstić information content (AvgIpc) is 2.96. The minimum Gasteiger partial charge on any atom is -0.495 e. The first kappa shape index (κ1) is 19.2. The van der Waals surface area contributed by atoms with Gasteiger partial charge in [-0.3, -0.25) is 4.90 Å². The highest BCUT2D eigenvalue weighted by Crippen LogP contribution is 2.22. The number of benzene rings is 2. The van der Waals surface area contributed by atoms with Crippen molar-refractivity contribution in [2.24, 2.45) is 10.7 Å². The molecule has 0 aromatic heterocycles. The predicted molar refractivity (Wildman–Crippen MR) is 112 cm³/mol. The monoisotopic (exact) mass is 366 g/mol. The number of likely N-dealkylation sites (tertiary alicyclic amines) is 1. The van der Waals surface area contributed by atoms with E-state index in [2.05, 4.69) is 39.5 Å². The van der Waals surface area contributed by atoms with Gasteiger partial charge in [0.1, 0.15) is 5.75 Å². The highest BCUT2D eigenvalue weighted by molar-refractivity contribution is 5.93. The van der Waals surface area contributed by atoms with E-state index >= 15 is 0 Å². The summed E-state index contributed by atoms with van der Waals surface area (Å²) in [6.07, 6.45) is 5.39. The zero-order valence-electron chi connectivity index (χ0n) is 16.2. The van der Waals surface area contributed by atoms with Gasteiger partial charge in [0, 0.05) is 6.54 Å². The summed E-state index contributed by atoms with van der Waals surface area (Å²) in [5.74, 6) is 1.13. The number of hydrogen-bond donors (Lipinski definition) is 2. The lowest BCUT2D eigenvalue weighted by molar-refractivity contribution is 0.277. The molecule has 1 aliphatic rings. The van der Waals surface area contributed by atoms with Crippen molar-refractivity contribution >= 4 is 11.6 Å². The molecule has 5 nitrogen and oxygen atoms in total. The van der Waals surface area contributed by atoms with Crippen molar-refractivity contribution in [2.45, 2.75) is 38.8 Å². The molecule has 3 N–H and O–H groups in total. The van der Waals surface area contributed by atoms with Crippen LogP contribution >= 0.6 is 0 Å². The molecule has 27 heavy (non-hydrogen) atoms. The molecule has 2 aromatic rings. The van der Waals surface area contributed by atoms with E-state index in [-0.39, 0.29) is 0 Å². The summed E-state index contributed by atoms with van der Waals surface area (Å²) < 4.78 is 5.32. The smallest absolute Gasteiger partial charge is 0.193 e. The van der Waals surface area contributed by atoms with Gasteiger partial charge < -0.3 is 15.8 Å². The summed E-state index contributed by atoms with van der Waals surface area (Å²) in [6.45, 7) is 4.04. The maximum Gasteiger partial charge on any atom is 0.193 e. The van der Waals surface area contributed by atoms with Crippen molar-refractivity contribution in [2.75, 3.05) is 25.5 Å². The molecule has 0 bridgehead atoms. The van der Waals surface area contributed by atoms with Crippen LogP contribution in [0.2, 0.25) is 0 Å². The van der Waals surface area contributed by atoms with Gasteiger partial charge in [-0.25, -0.2) is 4.99 Å². The largest absolute Gasteiger partial charge is 0.495 e. The first-order valence-corrected chi connectivity index (χ1v) is 9.75. The van der Waals surface area contributed by atoms with Crippen LogP contribution in [-0.4, -0.2) is 31.1 Å². The summed E-state index contributed by atoms with van der Waals surface area (Å²) in [6, 6.07) is 16.4. The van der Waals surface area contributed by atoms with Gasteiger partial charge in [0.05, 0.1) is 19.3 Å². The number of anilines is 1. The van der Waals surface area contributed by atoms with Gasteiger partial charge in [-0.15, -0.1) is 0 Å². The quantitative estimate of drug-likeness (QED) is 0.599. The Labute approximate surface area is 162 Å². The summed E-state index contributed by atoms with van der Waals surface area (Å²) in [4.78, 5) is 7.00. The van der Waals surface area contributed by atoms with Gasteiger partial charge in [-0.2, -0.15) is 0 Å². The minimum atomic E-state index is 0.383. The third kappa shape index (κ3) is 6.00. The number of aliphatic imine (C=N–C) groups is 1. The fourth-order valence-electron chi connectivity index (χ4n) is 3.40. The molecule has 1 fully saturated rings. The molecule has 0 saturated carbocycles. The molecular weight excluding hydrogens is 336 g/mol. The van der Waals surface area contributed by atoms with E-state index in [1.54, 1.807) is 7.11 Å². The van der Waals surface area contributed by atoms with Crippen molar-refractivity contribution in [3.05, 3.63) is 59.7 Å². The number of hydrogen-bond acceptors (Lipinski definition) is 3. The number of nitrogens with zero attached hydrogens (tertiary/aromatic N) is 2. The minimum absolute atomic E-state index is 0.383. The molecule has 1 aliphatic heterocycles. The van der Waals surface area contributed by atoms with Crippen molar-refractivity contribution < 1.29 is 4.74 Å². The molecule has 1 heterocycles. The lowest BCUT2D eigenvalue weighted by Gasteiger charge is -2.19. The first-order chi connectivity index (χ1) is 13.2. The van der Waals surface area contributed by atoms with Gasteiger partial charge in [0.25, 0.3) is 0 Å². The molecule has 2 aromatic carbocycles. The van der Waals surface area contributed by atoms with Crippen LogP contribution in [0.3, 0.4) is 0 Å². The number of nitrogens with one attached hydrogen (secondary N) is 1. The van der Waals surface area contributed by atoms with Crippen LogP contribution < -0.4 is 15.8 Å². The Hall–Kier alpha value is -2.53. The van der Waals surface area contributed by atoms with E-state index in [0.717, 1.165) is 23.5 Å². The van der Waals surface area contributed by atoms with Crippen LogP contribution in [0, 0.1) is 0 Å². The zero-order valence-corrected chi connectivity index (χ0v) is 16.2. The summed E-state index contributed by atoms with van der Waals surface area (Å²) in [5, 5.41) is 3.10. The average molecular weight is 367 g/mol. The van der Waals surface area contributed by atoms with Crippen molar-refractivity contribution in [1.82, 2.24) is 4.90 Å². The standard InChI is InChI=1S/C22H30N4O/c1-27-21-9-5-4-8-20(21)25-22(23)24-16-18-10-12-19(13-11-18)17-26-14-6-2-3-7-15-26/h4-5,8-13H,2-3,6-7,14-17H2,1H3,(H3,23,24,25). The summed E-state index contributed by atoms with van der Waals surface area (Å²) in [7, 11) is 1.64. The first-order valence-electron chi connectivity index (χ1n) is 9.75. The highest BCUT2D eigenvalue weighted by Gasteiger charge is 2.09. The topological polar surface area (TPSA) is 62.9 Å². The Kier molecular flexibility index (Phi) is 7.11. The van der Waals surface area contributed by atoms with Crippen LogP contribution in [0.4, 0.5) is 5.69 Å². The molecule has 1 saturated heterocycles. The number of rotatable bonds is 6. The number of methoxy groups -OCH3 is 1. The molecule has 0 spiro atoms. The second kappa shape index (κ2) is 9.97. The second-order valence-electron chi connectivity index (χ2n) is 7.03. The molecular formula is C22H30N4O. The van der Waals surface area contributed by atoms with Crippen molar-refractivity contribution in [3.8, 4) is 5.75 Å². The molecule has 3 rings (SSSR count). The Bertz CT molecular complexity index is 734.